The third-order valence-electron chi connectivity index (χ3n) is 4.24. The van der Waals surface area contributed by atoms with Crippen molar-refractivity contribution in [1.82, 2.24) is 15.0 Å². The van der Waals surface area contributed by atoms with Gasteiger partial charge in [-0.3, -0.25) is 4.79 Å². The van der Waals surface area contributed by atoms with Gasteiger partial charge in [-0.1, -0.05) is 35.5 Å². The number of methoxy groups -OCH3 is 1. The lowest BCUT2D eigenvalue weighted by Crippen LogP contribution is -2.31. The molecule has 132 valence electrons. The molecule has 0 radical (unpaired) electrons. The van der Waals surface area contributed by atoms with Crippen LogP contribution in [0, 0.1) is 12.7 Å². The number of ether oxygens (including phenoxy) is 1. The molecular formula is C18H20FN3O3. The molecular weight excluding hydrogens is 325 g/mol. The van der Waals surface area contributed by atoms with Gasteiger partial charge in [0, 0.05) is 32.1 Å². The standard InChI is InChI=1S/C18H20FN3O3/c1-12-20-18(25-21-12)16-10-14(24-2)11-22(16)17(23)9-5-7-13-6-3-4-8-15(13)19/h3-8,14,16H,9-11H2,1-2H3/b7-5+/t14-,16-/m1/s1. The van der Waals surface area contributed by atoms with E-state index in [1.807, 2.05) is 0 Å². The predicted octanol–water partition coefficient (Wildman–Crippen LogP) is 2.91. The maximum Gasteiger partial charge on any atom is 0.249 e. The number of likely N-dealkylation sites (tertiary alicyclic amines) is 1. The number of hydrogen-bond acceptors (Lipinski definition) is 5. The summed E-state index contributed by atoms with van der Waals surface area (Å²) in [7, 11) is 1.62. The Balaban J connectivity index is 1.69. The van der Waals surface area contributed by atoms with Crippen LogP contribution in [0.25, 0.3) is 6.08 Å². The van der Waals surface area contributed by atoms with Crippen molar-refractivity contribution in [2.75, 3.05) is 13.7 Å². The monoisotopic (exact) mass is 345 g/mol. The second kappa shape index (κ2) is 7.57. The molecule has 0 unspecified atom stereocenters. The highest BCUT2D eigenvalue weighted by Gasteiger charge is 2.39. The van der Waals surface area contributed by atoms with Gasteiger partial charge in [-0.05, 0) is 13.0 Å². The van der Waals surface area contributed by atoms with Gasteiger partial charge in [-0.25, -0.2) is 4.39 Å². The molecule has 1 fully saturated rings. The van der Waals surface area contributed by atoms with Gasteiger partial charge in [-0.2, -0.15) is 4.98 Å². The van der Waals surface area contributed by atoms with E-state index in [4.69, 9.17) is 9.26 Å². The maximum atomic E-state index is 13.6. The van der Waals surface area contributed by atoms with Crippen molar-refractivity contribution in [3.8, 4) is 0 Å². The molecule has 0 bridgehead atoms. The molecule has 1 aliphatic heterocycles. The number of carbonyl (C=O) groups is 1. The fraction of sp³-hybridized carbons (Fsp3) is 0.389. The zero-order valence-electron chi connectivity index (χ0n) is 14.2. The molecule has 1 aromatic carbocycles. The third-order valence-corrected chi connectivity index (χ3v) is 4.24. The number of rotatable bonds is 5. The first-order chi connectivity index (χ1) is 12.1. The Kier molecular flexibility index (Phi) is 5.23. The van der Waals surface area contributed by atoms with Crippen LogP contribution in [0.15, 0.2) is 34.9 Å². The average Bonchev–Trinajstić information content (AvgIpc) is 3.22. The van der Waals surface area contributed by atoms with E-state index in [0.29, 0.717) is 30.2 Å². The van der Waals surface area contributed by atoms with Gasteiger partial charge in [-0.15, -0.1) is 0 Å². The van der Waals surface area contributed by atoms with Crippen LogP contribution < -0.4 is 0 Å². The lowest BCUT2D eigenvalue weighted by Gasteiger charge is -2.21. The summed E-state index contributed by atoms with van der Waals surface area (Å²) >= 11 is 0. The highest BCUT2D eigenvalue weighted by atomic mass is 19.1. The summed E-state index contributed by atoms with van der Waals surface area (Å²) in [5, 5.41) is 3.80. The van der Waals surface area contributed by atoms with Crippen LogP contribution in [0.3, 0.4) is 0 Å². The van der Waals surface area contributed by atoms with E-state index < -0.39 is 0 Å². The number of benzene rings is 1. The lowest BCUT2D eigenvalue weighted by atomic mass is 10.1. The summed E-state index contributed by atoms with van der Waals surface area (Å²) in [6.45, 7) is 2.20. The van der Waals surface area contributed by atoms with Crippen LogP contribution in [0.5, 0.6) is 0 Å². The molecule has 2 aromatic rings. The van der Waals surface area contributed by atoms with Crippen molar-refractivity contribution >= 4 is 12.0 Å². The van der Waals surface area contributed by atoms with E-state index in [9.17, 15) is 9.18 Å². The van der Waals surface area contributed by atoms with E-state index in [0.717, 1.165) is 0 Å². The molecule has 0 aliphatic carbocycles. The van der Waals surface area contributed by atoms with Crippen LogP contribution in [0.2, 0.25) is 0 Å². The highest BCUT2D eigenvalue weighted by molar-refractivity contribution is 5.79. The minimum absolute atomic E-state index is 0.0725. The van der Waals surface area contributed by atoms with Crippen LogP contribution >= 0.6 is 0 Å². The predicted molar refractivity (Wildman–Crippen MR) is 89.0 cm³/mol. The Bertz CT molecular complexity index is 774. The van der Waals surface area contributed by atoms with Crippen LogP contribution in [0.4, 0.5) is 4.39 Å². The van der Waals surface area contributed by atoms with Gasteiger partial charge in [0.05, 0.1) is 6.10 Å². The summed E-state index contributed by atoms with van der Waals surface area (Å²) in [5.74, 6) is 0.547. The fourth-order valence-electron chi connectivity index (χ4n) is 2.94. The van der Waals surface area contributed by atoms with Crippen molar-refractivity contribution in [2.45, 2.75) is 31.9 Å². The van der Waals surface area contributed by atoms with Crippen molar-refractivity contribution in [3.63, 3.8) is 0 Å². The Morgan fingerprint density at radius 1 is 1.48 bits per heavy atom. The van der Waals surface area contributed by atoms with Crippen LogP contribution in [0.1, 0.15) is 36.2 Å². The smallest absolute Gasteiger partial charge is 0.249 e. The first kappa shape index (κ1) is 17.3. The van der Waals surface area contributed by atoms with E-state index in [1.165, 1.54) is 6.07 Å². The van der Waals surface area contributed by atoms with Gasteiger partial charge >= 0.3 is 0 Å². The lowest BCUT2D eigenvalue weighted by molar-refractivity contribution is -0.132. The van der Waals surface area contributed by atoms with Gasteiger partial charge < -0.3 is 14.2 Å². The topological polar surface area (TPSA) is 68.5 Å². The van der Waals surface area contributed by atoms with Crippen molar-refractivity contribution in [3.05, 3.63) is 53.4 Å². The molecule has 1 aliphatic rings. The average molecular weight is 345 g/mol. The van der Waals surface area contributed by atoms with E-state index in [-0.39, 0.29) is 30.3 Å². The quantitative estimate of drug-likeness (QED) is 0.833. The summed E-state index contributed by atoms with van der Waals surface area (Å²) in [4.78, 5) is 18.5. The van der Waals surface area contributed by atoms with Gasteiger partial charge in [0.25, 0.3) is 0 Å². The summed E-state index contributed by atoms with van der Waals surface area (Å²) in [6, 6.07) is 6.14. The van der Waals surface area contributed by atoms with Gasteiger partial charge in [0.2, 0.25) is 11.8 Å². The normalized spacial score (nSPS) is 20.5. The Morgan fingerprint density at radius 3 is 2.96 bits per heavy atom. The third kappa shape index (κ3) is 3.93. The Hall–Kier alpha value is -2.54. The number of halogens is 1. The number of nitrogens with zero attached hydrogens (tertiary/aromatic N) is 3. The molecule has 7 heteroatoms. The second-order valence-corrected chi connectivity index (χ2v) is 5.96. The number of hydrogen-bond donors (Lipinski definition) is 0. The zero-order chi connectivity index (χ0) is 17.8. The molecule has 1 saturated heterocycles. The molecule has 1 aromatic heterocycles. The zero-order valence-corrected chi connectivity index (χ0v) is 14.2. The maximum absolute atomic E-state index is 13.6. The van der Waals surface area contributed by atoms with Crippen LogP contribution in [-0.4, -0.2) is 40.7 Å². The summed E-state index contributed by atoms with van der Waals surface area (Å²) < 4.78 is 24.2. The van der Waals surface area contributed by atoms with Crippen molar-refractivity contribution in [2.24, 2.45) is 0 Å². The highest BCUT2D eigenvalue weighted by Crippen LogP contribution is 2.33. The number of aryl methyl sites for hydroxylation is 1. The SMILES string of the molecule is CO[C@@H]1C[C@H](c2nc(C)no2)N(C(=O)C/C=C/c2ccccc2F)C1. The van der Waals surface area contributed by atoms with E-state index >= 15 is 0 Å². The molecule has 2 heterocycles. The summed E-state index contributed by atoms with van der Waals surface area (Å²) in [5.41, 5.74) is 0.454. The first-order valence-corrected chi connectivity index (χ1v) is 8.12. The number of carbonyl (C=O) groups excluding carboxylic acids is 1. The minimum atomic E-state index is -0.314. The molecule has 0 N–H and O–H groups in total. The molecule has 0 saturated carbocycles. The van der Waals surface area contributed by atoms with Crippen LogP contribution in [-0.2, 0) is 9.53 Å². The summed E-state index contributed by atoms with van der Waals surface area (Å²) in [6.07, 6.45) is 3.98. The molecule has 1 amide bonds. The van der Waals surface area contributed by atoms with Crippen molar-refractivity contribution in [1.29, 1.82) is 0 Å². The molecule has 0 spiro atoms. The fourth-order valence-corrected chi connectivity index (χ4v) is 2.94. The minimum Gasteiger partial charge on any atom is -0.380 e. The first-order valence-electron chi connectivity index (χ1n) is 8.12. The van der Waals surface area contributed by atoms with Gasteiger partial charge in [0.1, 0.15) is 11.9 Å². The molecule has 25 heavy (non-hydrogen) atoms. The molecule has 3 rings (SSSR count). The van der Waals surface area contributed by atoms with Gasteiger partial charge in [0.15, 0.2) is 5.82 Å². The Labute approximate surface area is 145 Å². The second-order valence-electron chi connectivity index (χ2n) is 5.96. The molecule has 6 nitrogen and oxygen atoms in total. The van der Waals surface area contributed by atoms with E-state index in [2.05, 4.69) is 10.1 Å². The number of aromatic nitrogens is 2. The largest absolute Gasteiger partial charge is 0.380 e. The molecule has 2 atom stereocenters. The van der Waals surface area contributed by atoms with Crippen molar-refractivity contribution < 1.29 is 18.4 Å². The van der Waals surface area contributed by atoms with E-state index in [1.54, 1.807) is 49.3 Å². The Morgan fingerprint density at radius 2 is 2.28 bits per heavy atom. The number of amides is 1.